The van der Waals surface area contributed by atoms with Gasteiger partial charge in [0.05, 0.1) is 0 Å². The Morgan fingerprint density at radius 1 is 1.33 bits per heavy atom. The molecule has 0 aromatic heterocycles. The molecule has 4 N–H and O–H groups in total. The van der Waals surface area contributed by atoms with Crippen molar-refractivity contribution >= 4 is 5.96 Å². The lowest BCUT2D eigenvalue weighted by Gasteiger charge is -2.04. The molecule has 0 heterocycles. The van der Waals surface area contributed by atoms with Gasteiger partial charge in [-0.25, -0.2) is 0 Å². The predicted octanol–water partition coefficient (Wildman–Crippen LogP) is -0.0898. The standard InChI is InChI=1S/C8H20N4/c1-3-11-6-4-5-7-12-8(9)10-2/h11H,3-7H2,1-2H3,(H3,9,10,12). The van der Waals surface area contributed by atoms with Crippen LogP contribution in [0.15, 0.2) is 4.99 Å². The first-order chi connectivity index (χ1) is 5.81. The number of hydrogen-bond donors (Lipinski definition) is 3. The summed E-state index contributed by atoms with van der Waals surface area (Å²) in [7, 11) is 1.68. The van der Waals surface area contributed by atoms with Crippen molar-refractivity contribution in [3.05, 3.63) is 0 Å². The molecule has 0 radical (unpaired) electrons. The van der Waals surface area contributed by atoms with Crippen molar-refractivity contribution in [3.63, 3.8) is 0 Å². The van der Waals surface area contributed by atoms with Gasteiger partial charge in [-0.3, -0.25) is 4.99 Å². The second kappa shape index (κ2) is 8.33. The van der Waals surface area contributed by atoms with E-state index in [1.165, 1.54) is 6.42 Å². The topological polar surface area (TPSA) is 62.4 Å². The zero-order valence-electron chi connectivity index (χ0n) is 8.06. The number of hydrogen-bond acceptors (Lipinski definition) is 2. The van der Waals surface area contributed by atoms with Crippen LogP contribution in [0, 0.1) is 0 Å². The number of aliphatic imine (C=N–C) groups is 1. The van der Waals surface area contributed by atoms with Crippen LogP contribution in [0.2, 0.25) is 0 Å². The highest BCUT2D eigenvalue weighted by Crippen LogP contribution is 1.83. The van der Waals surface area contributed by atoms with Crippen LogP contribution < -0.4 is 16.4 Å². The molecule has 0 unspecified atom stereocenters. The fourth-order valence-corrected chi connectivity index (χ4v) is 0.847. The molecule has 4 heteroatoms. The van der Waals surface area contributed by atoms with Crippen molar-refractivity contribution in [2.75, 3.05) is 26.7 Å². The van der Waals surface area contributed by atoms with E-state index >= 15 is 0 Å². The molecule has 0 spiro atoms. The van der Waals surface area contributed by atoms with Crippen LogP contribution in [0.4, 0.5) is 0 Å². The molecule has 0 saturated carbocycles. The van der Waals surface area contributed by atoms with E-state index < -0.39 is 0 Å². The maximum atomic E-state index is 5.44. The first-order valence-corrected chi connectivity index (χ1v) is 4.48. The molecule has 0 saturated heterocycles. The smallest absolute Gasteiger partial charge is 0.188 e. The molecule has 0 amide bonds. The van der Waals surface area contributed by atoms with Gasteiger partial charge in [-0.15, -0.1) is 0 Å². The number of nitrogens with two attached hydrogens (primary N) is 1. The Labute approximate surface area is 74.6 Å². The van der Waals surface area contributed by atoms with Gasteiger partial charge in [-0.2, -0.15) is 0 Å². The third-order valence-electron chi connectivity index (χ3n) is 1.58. The molecule has 0 aliphatic carbocycles. The Bertz CT molecular complexity index is 122. The van der Waals surface area contributed by atoms with Crippen molar-refractivity contribution in [2.45, 2.75) is 19.8 Å². The predicted molar refractivity (Wildman–Crippen MR) is 53.3 cm³/mol. The van der Waals surface area contributed by atoms with Gasteiger partial charge in [0.25, 0.3) is 0 Å². The largest absolute Gasteiger partial charge is 0.370 e. The van der Waals surface area contributed by atoms with Crippen LogP contribution >= 0.6 is 0 Å². The Kier molecular flexibility index (Phi) is 7.79. The van der Waals surface area contributed by atoms with Gasteiger partial charge in [0, 0.05) is 13.6 Å². The van der Waals surface area contributed by atoms with Gasteiger partial charge in [0.1, 0.15) is 0 Å². The summed E-state index contributed by atoms with van der Waals surface area (Å²) in [6, 6.07) is 0. The second-order valence-electron chi connectivity index (χ2n) is 2.60. The van der Waals surface area contributed by atoms with Gasteiger partial charge in [0.2, 0.25) is 0 Å². The minimum atomic E-state index is 0.526. The zero-order valence-corrected chi connectivity index (χ0v) is 8.06. The number of rotatable bonds is 6. The molecule has 0 atom stereocenters. The normalized spacial score (nSPS) is 11.7. The Balaban J connectivity index is 3.00. The van der Waals surface area contributed by atoms with E-state index in [4.69, 9.17) is 5.73 Å². The van der Waals surface area contributed by atoms with Gasteiger partial charge < -0.3 is 16.4 Å². The molecule has 0 bridgehead atoms. The van der Waals surface area contributed by atoms with Gasteiger partial charge >= 0.3 is 0 Å². The van der Waals surface area contributed by atoms with Crippen LogP contribution in [0.3, 0.4) is 0 Å². The van der Waals surface area contributed by atoms with E-state index in [2.05, 4.69) is 22.5 Å². The molecular weight excluding hydrogens is 152 g/mol. The van der Waals surface area contributed by atoms with Crippen molar-refractivity contribution < 1.29 is 0 Å². The number of nitrogens with zero attached hydrogens (tertiary/aromatic N) is 1. The van der Waals surface area contributed by atoms with E-state index in [9.17, 15) is 0 Å². The highest BCUT2D eigenvalue weighted by molar-refractivity contribution is 5.77. The fourth-order valence-electron chi connectivity index (χ4n) is 0.847. The maximum absolute atomic E-state index is 5.44. The quantitative estimate of drug-likeness (QED) is 0.298. The molecular formula is C8H20N4. The summed E-state index contributed by atoms with van der Waals surface area (Å²) in [5.74, 6) is 0.526. The monoisotopic (exact) mass is 172 g/mol. The van der Waals surface area contributed by atoms with Crippen molar-refractivity contribution in [1.82, 2.24) is 10.6 Å². The third kappa shape index (κ3) is 7.34. The minimum Gasteiger partial charge on any atom is -0.370 e. The molecule has 0 aliphatic rings. The lowest BCUT2D eigenvalue weighted by Crippen LogP contribution is -2.32. The average molecular weight is 172 g/mol. The maximum Gasteiger partial charge on any atom is 0.188 e. The lowest BCUT2D eigenvalue weighted by molar-refractivity contribution is 0.632. The first-order valence-electron chi connectivity index (χ1n) is 4.48. The van der Waals surface area contributed by atoms with Crippen LogP contribution in [0.25, 0.3) is 0 Å². The highest BCUT2D eigenvalue weighted by Gasteiger charge is 1.89. The van der Waals surface area contributed by atoms with Gasteiger partial charge in [-0.05, 0) is 25.9 Å². The van der Waals surface area contributed by atoms with E-state index in [-0.39, 0.29) is 0 Å². The van der Waals surface area contributed by atoms with Gasteiger partial charge in [0.15, 0.2) is 5.96 Å². The zero-order chi connectivity index (χ0) is 9.23. The van der Waals surface area contributed by atoms with E-state index in [1.54, 1.807) is 7.05 Å². The molecule has 0 aliphatic heterocycles. The van der Waals surface area contributed by atoms with E-state index in [1.807, 2.05) is 0 Å². The fraction of sp³-hybridized carbons (Fsp3) is 0.875. The summed E-state index contributed by atoms with van der Waals surface area (Å²) in [5, 5.41) is 6.27. The van der Waals surface area contributed by atoms with Crippen molar-refractivity contribution in [1.29, 1.82) is 0 Å². The molecule has 12 heavy (non-hydrogen) atoms. The van der Waals surface area contributed by atoms with Crippen LogP contribution in [-0.2, 0) is 0 Å². The summed E-state index contributed by atoms with van der Waals surface area (Å²) in [6.07, 6.45) is 2.31. The minimum absolute atomic E-state index is 0.526. The molecule has 0 rings (SSSR count). The number of guanidine groups is 1. The first kappa shape index (κ1) is 11.2. The Morgan fingerprint density at radius 3 is 2.58 bits per heavy atom. The van der Waals surface area contributed by atoms with Gasteiger partial charge in [-0.1, -0.05) is 6.92 Å². The Morgan fingerprint density at radius 2 is 2.00 bits per heavy atom. The number of nitrogens with one attached hydrogen (secondary N) is 2. The van der Waals surface area contributed by atoms with E-state index in [0.29, 0.717) is 5.96 Å². The average Bonchev–Trinajstić information content (AvgIpc) is 2.10. The van der Waals surface area contributed by atoms with Crippen molar-refractivity contribution in [2.24, 2.45) is 10.7 Å². The van der Waals surface area contributed by atoms with E-state index in [0.717, 1.165) is 26.1 Å². The van der Waals surface area contributed by atoms with Crippen LogP contribution in [-0.4, -0.2) is 32.6 Å². The summed E-state index contributed by atoms with van der Waals surface area (Å²) in [4.78, 5) is 3.79. The molecule has 0 fully saturated rings. The molecule has 72 valence electrons. The molecule has 0 aromatic carbocycles. The summed E-state index contributed by atoms with van der Waals surface area (Å²) in [5.41, 5.74) is 5.44. The Hall–Kier alpha value is -0.770. The van der Waals surface area contributed by atoms with Crippen LogP contribution in [0.1, 0.15) is 19.8 Å². The second-order valence-corrected chi connectivity index (χ2v) is 2.60. The molecule has 0 aromatic rings. The summed E-state index contributed by atoms with van der Waals surface area (Å²) in [6.45, 7) is 5.15. The number of unbranched alkanes of at least 4 members (excludes halogenated alkanes) is 1. The molecule has 4 nitrogen and oxygen atoms in total. The lowest BCUT2D eigenvalue weighted by atomic mass is 10.3. The van der Waals surface area contributed by atoms with Crippen molar-refractivity contribution in [3.8, 4) is 0 Å². The third-order valence-corrected chi connectivity index (χ3v) is 1.58. The SMILES string of the molecule is CCNCCCCNC(N)=NC. The summed E-state index contributed by atoms with van der Waals surface area (Å²) >= 11 is 0. The van der Waals surface area contributed by atoms with Crippen LogP contribution in [0.5, 0.6) is 0 Å². The highest BCUT2D eigenvalue weighted by atomic mass is 15.1. The summed E-state index contributed by atoms with van der Waals surface area (Å²) < 4.78 is 0.